The van der Waals surface area contributed by atoms with Crippen LogP contribution < -0.4 is 0 Å². The molecule has 4 heteroatoms. The third-order valence-corrected chi connectivity index (χ3v) is 6.94. The first-order chi connectivity index (χ1) is 14.2. The fraction of sp³-hybridized carbons (Fsp3) is 0.280. The highest BCUT2D eigenvalue weighted by atomic mass is 16.2. The topological polar surface area (TPSA) is 66.0 Å². The second-order valence-electron chi connectivity index (χ2n) is 8.26. The molecule has 1 fully saturated rings. The summed E-state index contributed by atoms with van der Waals surface area (Å²) in [5.74, 6) is 0.0548. The van der Waals surface area contributed by atoms with Crippen LogP contribution in [-0.2, 0) is 16.6 Å². The number of carbonyl (C=O) groups excluding carboxylic acids is 1. The minimum atomic E-state index is -0.416. The van der Waals surface area contributed by atoms with Gasteiger partial charge in [-0.2, -0.15) is 5.10 Å². The predicted octanol–water partition coefficient (Wildman–Crippen LogP) is 4.98. The third kappa shape index (κ3) is 2.52. The number of aliphatic hydroxyl groups excluding tert-OH is 1. The summed E-state index contributed by atoms with van der Waals surface area (Å²) in [6.45, 7) is 2.00. The summed E-state index contributed by atoms with van der Waals surface area (Å²) in [6, 6.07) is 20.7. The van der Waals surface area contributed by atoms with E-state index in [1.54, 1.807) is 0 Å². The first kappa shape index (κ1) is 17.9. The van der Waals surface area contributed by atoms with Crippen molar-refractivity contribution in [2.45, 2.75) is 31.6 Å². The highest BCUT2D eigenvalue weighted by Crippen LogP contribution is 2.56. The molecule has 1 saturated carbocycles. The van der Waals surface area contributed by atoms with Crippen LogP contribution in [-0.4, -0.2) is 21.1 Å². The van der Waals surface area contributed by atoms with Gasteiger partial charge in [-0.3, -0.25) is 9.89 Å². The lowest BCUT2D eigenvalue weighted by Gasteiger charge is -2.49. The minimum Gasteiger partial charge on any atom is -0.515 e. The van der Waals surface area contributed by atoms with Gasteiger partial charge in [0.15, 0.2) is 5.78 Å². The molecule has 2 aromatic carbocycles. The summed E-state index contributed by atoms with van der Waals surface area (Å²) < 4.78 is 0. The molecule has 1 heterocycles. The van der Waals surface area contributed by atoms with Gasteiger partial charge in [0.05, 0.1) is 17.6 Å². The Bertz CT molecular complexity index is 1080. The van der Waals surface area contributed by atoms with E-state index in [4.69, 9.17) is 5.10 Å². The van der Waals surface area contributed by atoms with Gasteiger partial charge >= 0.3 is 0 Å². The van der Waals surface area contributed by atoms with Crippen molar-refractivity contribution in [1.29, 1.82) is 0 Å². The lowest BCUT2D eigenvalue weighted by molar-refractivity contribution is -0.123. The fourth-order valence-electron chi connectivity index (χ4n) is 5.59. The van der Waals surface area contributed by atoms with Gasteiger partial charge in [-0.05, 0) is 36.3 Å². The van der Waals surface area contributed by atoms with Crippen molar-refractivity contribution in [3.05, 3.63) is 89.3 Å². The fourth-order valence-corrected chi connectivity index (χ4v) is 5.59. The van der Waals surface area contributed by atoms with Crippen molar-refractivity contribution in [2.75, 3.05) is 0 Å². The maximum absolute atomic E-state index is 12.9. The number of fused-ring (bicyclic) bond motifs is 3. The van der Waals surface area contributed by atoms with E-state index in [0.29, 0.717) is 12.0 Å². The number of Topliss-reactive ketones (excluding diaryl/α,β-unsaturated/α-hetero) is 1. The molecule has 0 amide bonds. The standard InChI is InChI=1S/C25H24N2O2/c1-16-21-13-12-20-22(17-8-4-2-5-9-17)26-27-24(20)25(21,14-18(15-28)23(16)29)19-10-6-3-7-11-19/h2-11,15-16,21,28H,12-14H2,1H3,(H,26,27)/t16-,21-,25+/m0/s1. The van der Waals surface area contributed by atoms with Crippen molar-refractivity contribution < 1.29 is 9.90 Å². The molecule has 1 aromatic heterocycles. The van der Waals surface area contributed by atoms with E-state index < -0.39 is 5.41 Å². The molecule has 146 valence electrons. The number of nitrogens with zero attached hydrogens (tertiary/aromatic N) is 1. The molecule has 4 nitrogen and oxygen atoms in total. The molecule has 2 aliphatic rings. The number of nitrogens with one attached hydrogen (secondary N) is 1. The highest BCUT2D eigenvalue weighted by Gasteiger charge is 2.55. The van der Waals surface area contributed by atoms with Crippen LogP contribution >= 0.6 is 0 Å². The lowest BCUT2D eigenvalue weighted by Crippen LogP contribution is -2.50. The van der Waals surface area contributed by atoms with Crippen molar-refractivity contribution in [3.8, 4) is 11.3 Å². The molecule has 0 unspecified atom stereocenters. The summed E-state index contributed by atoms with van der Waals surface area (Å²) >= 11 is 0. The number of hydrogen-bond acceptors (Lipinski definition) is 3. The van der Waals surface area contributed by atoms with Gasteiger partial charge in [0.2, 0.25) is 0 Å². The van der Waals surface area contributed by atoms with Crippen LogP contribution in [0.25, 0.3) is 11.3 Å². The zero-order valence-corrected chi connectivity index (χ0v) is 16.4. The molecular weight excluding hydrogens is 360 g/mol. The Kier molecular flexibility index (Phi) is 4.16. The normalized spacial score (nSPS) is 27.5. The molecule has 0 bridgehead atoms. The molecule has 0 saturated heterocycles. The van der Waals surface area contributed by atoms with E-state index in [9.17, 15) is 9.90 Å². The molecule has 0 radical (unpaired) electrons. The number of H-pyrrole nitrogens is 1. The number of benzene rings is 2. The van der Waals surface area contributed by atoms with E-state index in [-0.39, 0.29) is 17.6 Å². The first-order valence-corrected chi connectivity index (χ1v) is 10.2. The maximum atomic E-state index is 12.9. The second kappa shape index (κ2) is 6.73. The summed E-state index contributed by atoms with van der Waals surface area (Å²) in [5, 5.41) is 18.0. The van der Waals surface area contributed by atoms with Crippen LogP contribution in [0.1, 0.15) is 36.6 Å². The smallest absolute Gasteiger partial charge is 0.165 e. The average molecular weight is 384 g/mol. The third-order valence-electron chi connectivity index (χ3n) is 6.94. The van der Waals surface area contributed by atoms with Crippen molar-refractivity contribution in [3.63, 3.8) is 0 Å². The van der Waals surface area contributed by atoms with Gasteiger partial charge in [0.25, 0.3) is 0 Å². The molecule has 0 spiro atoms. The number of carbonyl (C=O) groups is 1. The Morgan fingerprint density at radius 1 is 1.10 bits per heavy atom. The number of aliphatic hydroxyl groups is 1. The highest BCUT2D eigenvalue weighted by molar-refractivity contribution is 5.98. The van der Waals surface area contributed by atoms with Crippen molar-refractivity contribution >= 4 is 5.78 Å². The van der Waals surface area contributed by atoms with Gasteiger partial charge < -0.3 is 5.11 Å². The number of ketones is 1. The second-order valence-corrected chi connectivity index (χ2v) is 8.26. The number of aromatic nitrogens is 2. The number of hydrogen-bond donors (Lipinski definition) is 2. The summed E-state index contributed by atoms with van der Waals surface area (Å²) in [7, 11) is 0. The van der Waals surface area contributed by atoms with Crippen LogP contribution in [0.4, 0.5) is 0 Å². The molecule has 5 rings (SSSR count). The Labute approximate surface area is 170 Å². The Hall–Kier alpha value is -3.14. The zero-order valence-electron chi connectivity index (χ0n) is 16.4. The monoisotopic (exact) mass is 384 g/mol. The lowest BCUT2D eigenvalue weighted by atomic mass is 9.52. The number of aromatic amines is 1. The first-order valence-electron chi connectivity index (χ1n) is 10.2. The van der Waals surface area contributed by atoms with E-state index in [1.807, 2.05) is 43.3 Å². The van der Waals surface area contributed by atoms with E-state index >= 15 is 0 Å². The quantitative estimate of drug-likeness (QED) is 0.484. The largest absolute Gasteiger partial charge is 0.515 e. The van der Waals surface area contributed by atoms with Crippen molar-refractivity contribution in [1.82, 2.24) is 10.2 Å². The summed E-state index contributed by atoms with van der Waals surface area (Å²) in [5.41, 5.74) is 5.69. The van der Waals surface area contributed by atoms with Gasteiger partial charge in [-0.25, -0.2) is 0 Å². The predicted molar refractivity (Wildman–Crippen MR) is 113 cm³/mol. The molecule has 2 N–H and O–H groups in total. The van der Waals surface area contributed by atoms with Gasteiger partial charge in [0, 0.05) is 22.5 Å². The Balaban J connectivity index is 1.77. The minimum absolute atomic E-state index is 0.0614. The Morgan fingerprint density at radius 2 is 1.79 bits per heavy atom. The number of rotatable bonds is 2. The van der Waals surface area contributed by atoms with E-state index in [0.717, 1.165) is 41.6 Å². The molecule has 29 heavy (non-hydrogen) atoms. The van der Waals surface area contributed by atoms with E-state index in [1.165, 1.54) is 5.56 Å². The molecular formula is C25H24N2O2. The number of allylic oxidation sites excluding steroid dienone is 1. The maximum Gasteiger partial charge on any atom is 0.165 e. The Morgan fingerprint density at radius 3 is 2.48 bits per heavy atom. The molecule has 3 atom stereocenters. The zero-order chi connectivity index (χ0) is 20.0. The van der Waals surface area contributed by atoms with Gasteiger partial charge in [-0.15, -0.1) is 0 Å². The molecule has 2 aliphatic carbocycles. The van der Waals surface area contributed by atoms with Crippen LogP contribution in [0.15, 0.2) is 72.5 Å². The van der Waals surface area contributed by atoms with Crippen molar-refractivity contribution in [2.24, 2.45) is 11.8 Å². The summed E-state index contributed by atoms with van der Waals surface area (Å²) in [6.07, 6.45) is 3.31. The van der Waals surface area contributed by atoms with Crippen LogP contribution in [0.3, 0.4) is 0 Å². The van der Waals surface area contributed by atoms with Gasteiger partial charge in [0.1, 0.15) is 0 Å². The van der Waals surface area contributed by atoms with Crippen LogP contribution in [0.5, 0.6) is 0 Å². The van der Waals surface area contributed by atoms with Crippen LogP contribution in [0.2, 0.25) is 0 Å². The SMILES string of the molecule is C[C@@H]1C(=O)C(=CO)C[C@]2(c3ccccc3)c3n[nH]c(-c4ccccc4)c3CC[C@@H]12. The summed E-state index contributed by atoms with van der Waals surface area (Å²) in [4.78, 5) is 12.9. The molecule has 0 aliphatic heterocycles. The van der Waals surface area contributed by atoms with E-state index in [2.05, 4.69) is 29.4 Å². The average Bonchev–Trinajstić information content (AvgIpc) is 3.22. The van der Waals surface area contributed by atoms with Gasteiger partial charge in [-0.1, -0.05) is 67.6 Å². The van der Waals surface area contributed by atoms with Crippen LogP contribution in [0, 0.1) is 11.8 Å². The molecule has 3 aromatic rings.